The Morgan fingerprint density at radius 1 is 1.05 bits per heavy atom. The molecule has 0 atom stereocenters. The van der Waals surface area contributed by atoms with Crippen LogP contribution in [0.25, 0.3) is 0 Å². The molecule has 2 rings (SSSR count). The van der Waals surface area contributed by atoms with Gasteiger partial charge in [-0.05, 0) is 30.3 Å². The standard InChI is InChI=1S/C15H16ClNO4S/c1-17(12-6-4-5-11(16)9-12)22(18,19)15-10-13(20-2)7-8-14(15)21-3/h4-10H,1-3H3. The zero-order valence-electron chi connectivity index (χ0n) is 12.4. The molecule has 0 aliphatic heterocycles. The van der Waals surface area contributed by atoms with Crippen LogP contribution in [0.3, 0.4) is 0 Å². The number of nitrogens with zero attached hydrogens (tertiary/aromatic N) is 1. The number of rotatable bonds is 5. The second-order valence-corrected chi connectivity index (χ2v) is 6.84. The van der Waals surface area contributed by atoms with Crippen LogP contribution in [0.15, 0.2) is 47.4 Å². The number of methoxy groups -OCH3 is 2. The summed E-state index contributed by atoms with van der Waals surface area (Å²) in [4.78, 5) is 0.0248. The van der Waals surface area contributed by atoms with Crippen molar-refractivity contribution in [3.05, 3.63) is 47.5 Å². The van der Waals surface area contributed by atoms with Crippen molar-refractivity contribution in [2.75, 3.05) is 25.6 Å². The molecule has 118 valence electrons. The maximum Gasteiger partial charge on any atom is 0.267 e. The van der Waals surface area contributed by atoms with Gasteiger partial charge < -0.3 is 9.47 Å². The van der Waals surface area contributed by atoms with E-state index in [2.05, 4.69) is 0 Å². The number of ether oxygens (including phenoxy) is 2. The summed E-state index contributed by atoms with van der Waals surface area (Å²) in [6, 6.07) is 11.2. The van der Waals surface area contributed by atoms with E-state index in [0.29, 0.717) is 16.5 Å². The molecule has 0 bridgehead atoms. The van der Waals surface area contributed by atoms with E-state index in [9.17, 15) is 8.42 Å². The average molecular weight is 342 g/mol. The van der Waals surface area contributed by atoms with Crippen LogP contribution in [0, 0.1) is 0 Å². The fraction of sp³-hybridized carbons (Fsp3) is 0.200. The predicted molar refractivity (Wildman–Crippen MR) is 86.6 cm³/mol. The number of benzene rings is 2. The third-order valence-electron chi connectivity index (χ3n) is 3.18. The monoisotopic (exact) mass is 341 g/mol. The van der Waals surface area contributed by atoms with Gasteiger partial charge in [-0.3, -0.25) is 4.31 Å². The van der Waals surface area contributed by atoms with E-state index in [1.165, 1.54) is 27.3 Å². The zero-order valence-corrected chi connectivity index (χ0v) is 14.0. The molecule has 0 fully saturated rings. The first-order valence-electron chi connectivity index (χ1n) is 6.36. The summed E-state index contributed by atoms with van der Waals surface area (Å²) >= 11 is 5.93. The molecule has 0 aliphatic carbocycles. The van der Waals surface area contributed by atoms with E-state index in [4.69, 9.17) is 21.1 Å². The van der Waals surface area contributed by atoms with Crippen molar-refractivity contribution in [2.24, 2.45) is 0 Å². The molecule has 0 saturated heterocycles. The van der Waals surface area contributed by atoms with E-state index in [1.54, 1.807) is 36.4 Å². The molecule has 0 aromatic heterocycles. The van der Waals surface area contributed by atoms with Crippen LogP contribution in [0.5, 0.6) is 11.5 Å². The second kappa shape index (κ2) is 6.46. The van der Waals surface area contributed by atoms with Crippen molar-refractivity contribution in [1.82, 2.24) is 0 Å². The van der Waals surface area contributed by atoms with Crippen molar-refractivity contribution in [3.8, 4) is 11.5 Å². The fourth-order valence-corrected chi connectivity index (χ4v) is 3.49. The van der Waals surface area contributed by atoms with Crippen LogP contribution in [-0.4, -0.2) is 29.7 Å². The lowest BCUT2D eigenvalue weighted by molar-refractivity contribution is 0.392. The maximum absolute atomic E-state index is 12.8. The van der Waals surface area contributed by atoms with E-state index in [0.717, 1.165) is 4.31 Å². The minimum Gasteiger partial charge on any atom is -0.497 e. The molecule has 5 nitrogen and oxygen atoms in total. The Kier molecular flexibility index (Phi) is 4.83. The predicted octanol–water partition coefficient (Wildman–Crippen LogP) is 3.18. The summed E-state index contributed by atoms with van der Waals surface area (Å²) in [5.74, 6) is 0.675. The van der Waals surface area contributed by atoms with Crippen LogP contribution in [0.2, 0.25) is 5.02 Å². The Bertz CT molecular complexity index is 777. The SMILES string of the molecule is COc1ccc(OC)c(S(=O)(=O)N(C)c2cccc(Cl)c2)c1. The van der Waals surface area contributed by atoms with Crippen molar-refractivity contribution < 1.29 is 17.9 Å². The van der Waals surface area contributed by atoms with Crippen molar-refractivity contribution in [2.45, 2.75) is 4.90 Å². The lowest BCUT2D eigenvalue weighted by atomic mass is 10.3. The lowest BCUT2D eigenvalue weighted by Crippen LogP contribution is -2.27. The molecule has 7 heteroatoms. The summed E-state index contributed by atoms with van der Waals surface area (Å²) in [5, 5.41) is 0.456. The van der Waals surface area contributed by atoms with E-state index in [1.807, 2.05) is 0 Å². The maximum atomic E-state index is 12.8. The molecule has 0 aliphatic rings. The van der Waals surface area contributed by atoms with Gasteiger partial charge in [-0.25, -0.2) is 8.42 Å². The molecule has 0 spiro atoms. The van der Waals surface area contributed by atoms with Gasteiger partial charge in [-0.2, -0.15) is 0 Å². The van der Waals surface area contributed by atoms with Gasteiger partial charge in [0.05, 0.1) is 19.9 Å². The highest BCUT2D eigenvalue weighted by Crippen LogP contribution is 2.32. The van der Waals surface area contributed by atoms with Gasteiger partial charge in [0.2, 0.25) is 0 Å². The van der Waals surface area contributed by atoms with Crippen molar-refractivity contribution in [3.63, 3.8) is 0 Å². The van der Waals surface area contributed by atoms with Gasteiger partial charge >= 0.3 is 0 Å². The molecule has 2 aromatic rings. The number of halogens is 1. The van der Waals surface area contributed by atoms with Gasteiger partial charge in [-0.1, -0.05) is 17.7 Å². The highest BCUT2D eigenvalue weighted by molar-refractivity contribution is 7.92. The molecule has 0 saturated carbocycles. The molecule has 22 heavy (non-hydrogen) atoms. The Morgan fingerprint density at radius 3 is 2.36 bits per heavy atom. The molecule has 0 amide bonds. The average Bonchev–Trinajstić information content (AvgIpc) is 2.53. The minimum absolute atomic E-state index is 0.0248. The number of anilines is 1. The molecule has 0 N–H and O–H groups in total. The summed E-state index contributed by atoms with van der Waals surface area (Å²) < 4.78 is 37.1. The summed E-state index contributed by atoms with van der Waals surface area (Å²) in [5.41, 5.74) is 0.456. The number of hydrogen-bond donors (Lipinski definition) is 0. The Hall–Kier alpha value is -1.92. The van der Waals surface area contributed by atoms with E-state index >= 15 is 0 Å². The van der Waals surface area contributed by atoms with Crippen LogP contribution >= 0.6 is 11.6 Å². The van der Waals surface area contributed by atoms with Crippen molar-refractivity contribution in [1.29, 1.82) is 0 Å². The van der Waals surface area contributed by atoms with Crippen LogP contribution in [0.1, 0.15) is 0 Å². The molecular weight excluding hydrogens is 326 g/mol. The largest absolute Gasteiger partial charge is 0.497 e. The highest BCUT2D eigenvalue weighted by Gasteiger charge is 2.26. The first kappa shape index (κ1) is 16.5. The molecular formula is C15H16ClNO4S. The van der Waals surface area contributed by atoms with Gasteiger partial charge in [0, 0.05) is 18.1 Å². The normalized spacial score (nSPS) is 11.1. The summed E-state index contributed by atoms with van der Waals surface area (Å²) in [7, 11) is 0.532. The minimum atomic E-state index is -3.81. The number of sulfonamides is 1. The fourth-order valence-electron chi connectivity index (χ4n) is 1.94. The molecule has 0 heterocycles. The van der Waals surface area contributed by atoms with Gasteiger partial charge in [0.25, 0.3) is 10.0 Å². The molecule has 0 radical (unpaired) electrons. The van der Waals surface area contributed by atoms with E-state index < -0.39 is 10.0 Å². The Balaban J connectivity index is 2.54. The van der Waals surface area contributed by atoms with Crippen molar-refractivity contribution >= 4 is 27.3 Å². The van der Waals surface area contributed by atoms with Crippen LogP contribution in [0.4, 0.5) is 5.69 Å². The second-order valence-electron chi connectivity index (χ2n) is 4.47. The third-order valence-corrected chi connectivity index (χ3v) is 5.22. The molecule has 2 aromatic carbocycles. The summed E-state index contributed by atoms with van der Waals surface area (Å²) in [6.07, 6.45) is 0. The first-order valence-corrected chi connectivity index (χ1v) is 8.18. The molecule has 0 unspecified atom stereocenters. The highest BCUT2D eigenvalue weighted by atomic mass is 35.5. The Morgan fingerprint density at radius 2 is 1.77 bits per heavy atom. The smallest absolute Gasteiger partial charge is 0.267 e. The van der Waals surface area contributed by atoms with Gasteiger partial charge in [0.1, 0.15) is 16.4 Å². The third kappa shape index (κ3) is 3.13. The van der Waals surface area contributed by atoms with Gasteiger partial charge in [-0.15, -0.1) is 0 Å². The van der Waals surface area contributed by atoms with Crippen LogP contribution < -0.4 is 13.8 Å². The topological polar surface area (TPSA) is 55.8 Å². The van der Waals surface area contributed by atoms with Gasteiger partial charge in [0.15, 0.2) is 0 Å². The first-order chi connectivity index (χ1) is 10.4. The Labute approximate surface area is 135 Å². The summed E-state index contributed by atoms with van der Waals surface area (Å²) in [6.45, 7) is 0. The quantitative estimate of drug-likeness (QED) is 0.838. The van der Waals surface area contributed by atoms with Crippen LogP contribution in [-0.2, 0) is 10.0 Å². The number of hydrogen-bond acceptors (Lipinski definition) is 4. The zero-order chi connectivity index (χ0) is 16.3. The lowest BCUT2D eigenvalue weighted by Gasteiger charge is -2.21. The van der Waals surface area contributed by atoms with E-state index in [-0.39, 0.29) is 10.6 Å².